The molecule has 0 aromatic carbocycles. The number of hydrogen-bond acceptors (Lipinski definition) is 4. The summed E-state index contributed by atoms with van der Waals surface area (Å²) in [5.74, 6) is 0.512. The monoisotopic (exact) mass is 315 g/mol. The molecule has 3 atom stereocenters. The topological polar surface area (TPSA) is 54.5 Å². The van der Waals surface area contributed by atoms with Gasteiger partial charge in [-0.25, -0.2) is 0 Å². The fraction of sp³-hybridized carbons (Fsp3) is 0.667. The molecule has 3 aliphatic rings. The van der Waals surface area contributed by atoms with E-state index in [1.807, 2.05) is 12.1 Å². The highest BCUT2D eigenvalue weighted by molar-refractivity contribution is 5.92. The SMILES string of the molecule is O=C(Nc1cccnc1)[C@@H]1CCO[C@@H]2CCN(C3CCC3)C[C@H]21. The van der Waals surface area contributed by atoms with Gasteiger partial charge in [0.1, 0.15) is 0 Å². The summed E-state index contributed by atoms with van der Waals surface area (Å²) in [6.07, 6.45) is 9.58. The molecule has 5 nitrogen and oxygen atoms in total. The Kier molecular flexibility index (Phi) is 4.31. The molecule has 1 aromatic heterocycles. The number of nitrogens with one attached hydrogen (secondary N) is 1. The highest BCUT2D eigenvalue weighted by Gasteiger charge is 2.43. The van der Waals surface area contributed by atoms with Gasteiger partial charge in [0.05, 0.1) is 18.0 Å². The lowest BCUT2D eigenvalue weighted by molar-refractivity contribution is -0.139. The van der Waals surface area contributed by atoms with Crippen LogP contribution in [0.5, 0.6) is 0 Å². The maximum Gasteiger partial charge on any atom is 0.228 e. The Morgan fingerprint density at radius 2 is 2.22 bits per heavy atom. The molecular formula is C18H25N3O2. The largest absolute Gasteiger partial charge is 0.378 e. The van der Waals surface area contributed by atoms with Crippen molar-refractivity contribution in [3.05, 3.63) is 24.5 Å². The highest BCUT2D eigenvalue weighted by atomic mass is 16.5. The van der Waals surface area contributed by atoms with Crippen LogP contribution in [0, 0.1) is 11.8 Å². The number of aromatic nitrogens is 1. The van der Waals surface area contributed by atoms with Crippen LogP contribution in [0.25, 0.3) is 0 Å². The lowest BCUT2D eigenvalue weighted by atomic mass is 9.77. The second-order valence-corrected chi connectivity index (χ2v) is 7.07. The third-order valence-corrected chi connectivity index (χ3v) is 5.76. The van der Waals surface area contributed by atoms with E-state index in [2.05, 4.69) is 15.2 Å². The minimum absolute atomic E-state index is 0.0526. The van der Waals surface area contributed by atoms with Gasteiger partial charge in [0.15, 0.2) is 0 Å². The minimum atomic E-state index is 0.0526. The number of anilines is 1. The molecule has 1 aliphatic carbocycles. The van der Waals surface area contributed by atoms with E-state index in [1.54, 1.807) is 12.4 Å². The molecule has 0 bridgehead atoms. The smallest absolute Gasteiger partial charge is 0.228 e. The summed E-state index contributed by atoms with van der Waals surface area (Å²) in [7, 11) is 0. The molecule has 2 saturated heterocycles. The van der Waals surface area contributed by atoms with Crippen molar-refractivity contribution in [1.82, 2.24) is 9.88 Å². The third-order valence-electron chi connectivity index (χ3n) is 5.76. The van der Waals surface area contributed by atoms with Gasteiger partial charge in [0, 0.05) is 43.8 Å². The normalized spacial score (nSPS) is 31.9. The first-order chi connectivity index (χ1) is 11.3. The Morgan fingerprint density at radius 1 is 1.30 bits per heavy atom. The maximum absolute atomic E-state index is 12.8. The highest BCUT2D eigenvalue weighted by Crippen LogP contribution is 2.37. The van der Waals surface area contributed by atoms with Crippen molar-refractivity contribution in [2.75, 3.05) is 25.0 Å². The van der Waals surface area contributed by atoms with E-state index >= 15 is 0 Å². The van der Waals surface area contributed by atoms with Crippen LogP contribution in [0.2, 0.25) is 0 Å². The average molecular weight is 315 g/mol. The molecule has 4 rings (SSSR count). The lowest BCUT2D eigenvalue weighted by Gasteiger charge is -2.48. The van der Waals surface area contributed by atoms with E-state index in [1.165, 1.54) is 19.3 Å². The fourth-order valence-electron chi connectivity index (χ4n) is 4.22. The van der Waals surface area contributed by atoms with Crippen LogP contribution in [-0.2, 0) is 9.53 Å². The number of pyridine rings is 1. The first kappa shape index (κ1) is 15.1. The second-order valence-electron chi connectivity index (χ2n) is 7.07. The summed E-state index contributed by atoms with van der Waals surface area (Å²) < 4.78 is 5.97. The predicted molar refractivity (Wildman–Crippen MR) is 88.0 cm³/mol. The zero-order valence-corrected chi connectivity index (χ0v) is 13.5. The Bertz CT molecular complexity index is 546. The molecule has 1 aromatic rings. The standard InChI is InChI=1S/C18H25N3O2/c22-18(20-13-3-2-8-19-11-13)15-7-10-23-17-6-9-21(12-16(15)17)14-4-1-5-14/h2-3,8,11,14-17H,1,4-7,9-10,12H2,(H,20,22)/t15-,16+,17-/m1/s1. The Hall–Kier alpha value is -1.46. The van der Waals surface area contributed by atoms with Gasteiger partial charge in [-0.05, 0) is 37.8 Å². The fourth-order valence-corrected chi connectivity index (χ4v) is 4.22. The van der Waals surface area contributed by atoms with Crippen LogP contribution in [0.1, 0.15) is 32.1 Å². The molecule has 23 heavy (non-hydrogen) atoms. The van der Waals surface area contributed by atoms with Crippen LogP contribution in [-0.4, -0.2) is 47.6 Å². The molecule has 1 amide bonds. The second kappa shape index (κ2) is 6.57. The molecule has 0 unspecified atom stereocenters. The van der Waals surface area contributed by atoms with Crippen molar-refractivity contribution in [1.29, 1.82) is 0 Å². The Morgan fingerprint density at radius 3 is 2.96 bits per heavy atom. The first-order valence-corrected chi connectivity index (χ1v) is 8.88. The molecule has 2 aliphatic heterocycles. The van der Waals surface area contributed by atoms with Gasteiger partial charge in [0.2, 0.25) is 5.91 Å². The number of piperidine rings is 1. The molecule has 0 radical (unpaired) electrons. The molecule has 0 spiro atoms. The number of likely N-dealkylation sites (tertiary alicyclic amines) is 1. The Balaban J connectivity index is 1.44. The summed E-state index contributed by atoms with van der Waals surface area (Å²) >= 11 is 0. The average Bonchev–Trinajstić information content (AvgIpc) is 2.53. The van der Waals surface area contributed by atoms with Gasteiger partial charge in [0.25, 0.3) is 0 Å². The number of carbonyl (C=O) groups excluding carboxylic acids is 1. The van der Waals surface area contributed by atoms with Crippen molar-refractivity contribution >= 4 is 11.6 Å². The van der Waals surface area contributed by atoms with E-state index in [9.17, 15) is 4.79 Å². The van der Waals surface area contributed by atoms with E-state index in [4.69, 9.17) is 4.74 Å². The van der Waals surface area contributed by atoms with E-state index in [-0.39, 0.29) is 17.9 Å². The van der Waals surface area contributed by atoms with Crippen LogP contribution in [0.4, 0.5) is 5.69 Å². The summed E-state index contributed by atoms with van der Waals surface area (Å²) in [5.41, 5.74) is 0.784. The molecule has 124 valence electrons. The van der Waals surface area contributed by atoms with E-state index in [0.717, 1.165) is 37.7 Å². The van der Waals surface area contributed by atoms with E-state index < -0.39 is 0 Å². The number of fused-ring (bicyclic) bond motifs is 1. The number of ether oxygens (including phenoxy) is 1. The molecule has 1 N–H and O–H groups in total. The molecule has 3 heterocycles. The van der Waals surface area contributed by atoms with Crippen molar-refractivity contribution in [2.24, 2.45) is 11.8 Å². The molecule has 3 fully saturated rings. The number of nitrogens with zero attached hydrogens (tertiary/aromatic N) is 2. The summed E-state index contributed by atoms with van der Waals surface area (Å²) in [6.45, 7) is 2.85. The summed E-state index contributed by atoms with van der Waals surface area (Å²) in [6, 6.07) is 4.49. The molecule has 5 heteroatoms. The minimum Gasteiger partial charge on any atom is -0.378 e. The number of rotatable bonds is 3. The third kappa shape index (κ3) is 3.12. The maximum atomic E-state index is 12.8. The van der Waals surface area contributed by atoms with Crippen LogP contribution >= 0.6 is 0 Å². The summed E-state index contributed by atoms with van der Waals surface area (Å²) in [5, 5.41) is 3.04. The van der Waals surface area contributed by atoms with Crippen LogP contribution < -0.4 is 5.32 Å². The molecular weight excluding hydrogens is 290 g/mol. The van der Waals surface area contributed by atoms with Crippen LogP contribution in [0.3, 0.4) is 0 Å². The van der Waals surface area contributed by atoms with E-state index in [0.29, 0.717) is 12.5 Å². The predicted octanol–water partition coefficient (Wildman–Crippen LogP) is 2.30. The number of hydrogen-bond donors (Lipinski definition) is 1. The lowest BCUT2D eigenvalue weighted by Crippen LogP contribution is -2.55. The molecule has 1 saturated carbocycles. The summed E-state index contributed by atoms with van der Waals surface area (Å²) in [4.78, 5) is 19.4. The van der Waals surface area contributed by atoms with Crippen LogP contribution in [0.15, 0.2) is 24.5 Å². The van der Waals surface area contributed by atoms with Gasteiger partial charge in [-0.3, -0.25) is 14.7 Å². The Labute approximate surface area is 137 Å². The van der Waals surface area contributed by atoms with Crippen molar-refractivity contribution in [3.8, 4) is 0 Å². The van der Waals surface area contributed by atoms with Gasteiger partial charge in [-0.15, -0.1) is 0 Å². The van der Waals surface area contributed by atoms with Crippen molar-refractivity contribution in [3.63, 3.8) is 0 Å². The van der Waals surface area contributed by atoms with Gasteiger partial charge < -0.3 is 10.1 Å². The zero-order valence-electron chi connectivity index (χ0n) is 13.5. The van der Waals surface area contributed by atoms with Gasteiger partial charge in [-0.1, -0.05) is 6.42 Å². The van der Waals surface area contributed by atoms with Crippen molar-refractivity contribution < 1.29 is 9.53 Å². The van der Waals surface area contributed by atoms with Gasteiger partial charge >= 0.3 is 0 Å². The first-order valence-electron chi connectivity index (χ1n) is 8.88. The quantitative estimate of drug-likeness (QED) is 0.930. The van der Waals surface area contributed by atoms with Crippen molar-refractivity contribution in [2.45, 2.75) is 44.2 Å². The van der Waals surface area contributed by atoms with Gasteiger partial charge in [-0.2, -0.15) is 0 Å². The number of amides is 1. The zero-order chi connectivity index (χ0) is 15.6. The number of carbonyl (C=O) groups is 1.